The largest absolute Gasteiger partial charge is 0.437 e. The second kappa shape index (κ2) is 6.01. The molecule has 0 unspecified atom stereocenters. The Morgan fingerprint density at radius 3 is 2.40 bits per heavy atom. The number of esters is 1. The molecule has 0 saturated heterocycles. The first kappa shape index (κ1) is 14.3. The molecule has 0 aliphatic carbocycles. The van der Waals surface area contributed by atoms with Crippen molar-refractivity contribution < 1.29 is 14.3 Å². The molecule has 5 nitrogen and oxygen atoms in total. The Morgan fingerprint density at radius 1 is 1.53 bits per heavy atom. The fourth-order valence-corrected chi connectivity index (χ4v) is 0.910. The van der Waals surface area contributed by atoms with Gasteiger partial charge in [0, 0.05) is 6.92 Å². The van der Waals surface area contributed by atoms with Gasteiger partial charge in [-0.3, -0.25) is 9.59 Å². The molecule has 0 fully saturated rings. The van der Waals surface area contributed by atoms with E-state index in [4.69, 9.17) is 40.1 Å². The molecule has 1 atom stereocenters. The van der Waals surface area contributed by atoms with Gasteiger partial charge in [-0.25, -0.2) is 0 Å². The highest BCUT2D eigenvalue weighted by Gasteiger charge is 2.36. The Balaban J connectivity index is 4.46. The van der Waals surface area contributed by atoms with Crippen molar-refractivity contribution in [1.29, 1.82) is 5.26 Å². The monoisotopic (exact) mass is 272 g/mol. The standard InChI is InChI=1S/C7H7Cl3N2O3/c1-4(13)15-6(7(8,9)10)12-5(14)2-3-11/h6H,2H2,1H3,(H,12,14)/t6-/m1/s1. The molecule has 0 aliphatic rings. The molecule has 8 heteroatoms. The van der Waals surface area contributed by atoms with Crippen LogP contribution in [0.5, 0.6) is 0 Å². The van der Waals surface area contributed by atoms with Crippen LogP contribution in [0.2, 0.25) is 0 Å². The van der Waals surface area contributed by atoms with Gasteiger partial charge in [0.05, 0.1) is 6.07 Å². The highest BCUT2D eigenvalue weighted by Crippen LogP contribution is 2.31. The first-order chi connectivity index (χ1) is 6.77. The molecule has 0 bridgehead atoms. The molecule has 0 saturated carbocycles. The van der Waals surface area contributed by atoms with Crippen LogP contribution in [0.4, 0.5) is 0 Å². The molecule has 15 heavy (non-hydrogen) atoms. The zero-order chi connectivity index (χ0) is 12.1. The van der Waals surface area contributed by atoms with E-state index in [2.05, 4.69) is 10.1 Å². The molecule has 0 rings (SSSR count). The van der Waals surface area contributed by atoms with Crippen molar-refractivity contribution in [2.75, 3.05) is 0 Å². The van der Waals surface area contributed by atoms with Gasteiger partial charge in [0.25, 0.3) is 0 Å². The van der Waals surface area contributed by atoms with E-state index < -0.39 is 28.3 Å². The number of amides is 1. The van der Waals surface area contributed by atoms with Gasteiger partial charge in [0.2, 0.25) is 15.9 Å². The number of nitrogens with one attached hydrogen (secondary N) is 1. The lowest BCUT2D eigenvalue weighted by Gasteiger charge is -2.24. The van der Waals surface area contributed by atoms with Gasteiger partial charge in [0.15, 0.2) is 0 Å². The van der Waals surface area contributed by atoms with Crippen LogP contribution in [0.15, 0.2) is 0 Å². The van der Waals surface area contributed by atoms with Crippen LogP contribution in [0, 0.1) is 11.3 Å². The maximum atomic E-state index is 11.0. The molecule has 1 N–H and O–H groups in total. The lowest BCUT2D eigenvalue weighted by atomic mass is 10.4. The van der Waals surface area contributed by atoms with Crippen molar-refractivity contribution in [3.05, 3.63) is 0 Å². The second-order valence-electron chi connectivity index (χ2n) is 2.43. The SMILES string of the molecule is CC(=O)O[C@@H](NC(=O)CC#N)C(Cl)(Cl)Cl. The van der Waals surface area contributed by atoms with Crippen LogP contribution in [0.25, 0.3) is 0 Å². The number of alkyl halides is 3. The fraction of sp³-hybridized carbons (Fsp3) is 0.571. The Morgan fingerprint density at radius 2 is 2.07 bits per heavy atom. The Bertz CT molecular complexity index is 295. The number of rotatable bonds is 3. The third-order valence-electron chi connectivity index (χ3n) is 1.11. The zero-order valence-corrected chi connectivity index (χ0v) is 9.86. The molecule has 0 aromatic rings. The normalized spacial score (nSPS) is 12.5. The molecule has 0 heterocycles. The molecule has 0 aromatic heterocycles. The summed E-state index contributed by atoms with van der Waals surface area (Å²) in [6, 6.07) is 1.60. The number of carbonyl (C=O) groups is 2. The summed E-state index contributed by atoms with van der Waals surface area (Å²) in [6.07, 6.45) is -1.83. The maximum Gasteiger partial charge on any atom is 0.304 e. The molecule has 0 radical (unpaired) electrons. The first-order valence-corrected chi connectivity index (χ1v) is 4.81. The van der Waals surface area contributed by atoms with E-state index in [1.54, 1.807) is 6.07 Å². The van der Waals surface area contributed by atoms with Crippen LogP contribution in [-0.2, 0) is 14.3 Å². The summed E-state index contributed by atoms with van der Waals surface area (Å²) in [7, 11) is 0. The van der Waals surface area contributed by atoms with Crippen molar-refractivity contribution >= 4 is 46.7 Å². The molecule has 84 valence electrons. The predicted molar refractivity (Wildman–Crippen MR) is 54.2 cm³/mol. The summed E-state index contributed by atoms with van der Waals surface area (Å²) in [4.78, 5) is 21.6. The highest BCUT2D eigenvalue weighted by atomic mass is 35.6. The minimum Gasteiger partial charge on any atom is -0.437 e. The van der Waals surface area contributed by atoms with Gasteiger partial charge in [-0.15, -0.1) is 0 Å². The van der Waals surface area contributed by atoms with Gasteiger partial charge < -0.3 is 10.1 Å². The summed E-state index contributed by atoms with van der Waals surface area (Å²) < 4.78 is 2.57. The van der Waals surface area contributed by atoms with Gasteiger partial charge in [-0.2, -0.15) is 5.26 Å². The van der Waals surface area contributed by atoms with Crippen molar-refractivity contribution in [2.24, 2.45) is 0 Å². The molecule has 0 aromatic carbocycles. The lowest BCUT2D eigenvalue weighted by molar-refractivity contribution is -0.149. The summed E-state index contributed by atoms with van der Waals surface area (Å²) in [6.45, 7) is 1.10. The maximum absolute atomic E-state index is 11.0. The number of hydrogen-bond acceptors (Lipinski definition) is 4. The molecular formula is C7H7Cl3N2O3. The van der Waals surface area contributed by atoms with Crippen LogP contribution in [0.3, 0.4) is 0 Å². The highest BCUT2D eigenvalue weighted by molar-refractivity contribution is 6.68. The van der Waals surface area contributed by atoms with E-state index in [0.717, 1.165) is 6.92 Å². The van der Waals surface area contributed by atoms with Gasteiger partial charge in [0.1, 0.15) is 6.42 Å². The quantitative estimate of drug-likeness (QED) is 0.477. The van der Waals surface area contributed by atoms with E-state index in [1.807, 2.05) is 0 Å². The number of halogens is 3. The average molecular weight is 274 g/mol. The molecule has 1 amide bonds. The second-order valence-corrected chi connectivity index (χ2v) is 4.80. The predicted octanol–water partition coefficient (Wildman–Crippen LogP) is 1.28. The molecule has 0 spiro atoms. The smallest absolute Gasteiger partial charge is 0.304 e. The van der Waals surface area contributed by atoms with Crippen LogP contribution >= 0.6 is 34.8 Å². The third-order valence-corrected chi connectivity index (χ3v) is 1.71. The summed E-state index contributed by atoms with van der Waals surface area (Å²) in [5, 5.41) is 10.3. The topological polar surface area (TPSA) is 79.2 Å². The van der Waals surface area contributed by atoms with Crippen molar-refractivity contribution in [3.63, 3.8) is 0 Å². The average Bonchev–Trinajstić information content (AvgIpc) is 2.00. The van der Waals surface area contributed by atoms with Gasteiger partial charge >= 0.3 is 5.97 Å². The number of nitriles is 1. The minimum atomic E-state index is -1.99. The van der Waals surface area contributed by atoms with E-state index in [9.17, 15) is 9.59 Å². The number of nitrogens with zero attached hydrogens (tertiary/aromatic N) is 1. The van der Waals surface area contributed by atoms with Gasteiger partial charge in [-0.1, -0.05) is 34.8 Å². The Labute approximate surface area is 101 Å². The van der Waals surface area contributed by atoms with Crippen molar-refractivity contribution in [2.45, 2.75) is 23.4 Å². The molecule has 0 aliphatic heterocycles. The molecular weight excluding hydrogens is 266 g/mol. The summed E-state index contributed by atoms with van der Waals surface area (Å²) in [5.41, 5.74) is 0. The van der Waals surface area contributed by atoms with E-state index in [0.29, 0.717) is 0 Å². The number of ether oxygens (including phenoxy) is 1. The van der Waals surface area contributed by atoms with E-state index >= 15 is 0 Å². The zero-order valence-electron chi connectivity index (χ0n) is 7.59. The minimum absolute atomic E-state index is 0.418. The third kappa shape index (κ3) is 6.39. The van der Waals surface area contributed by atoms with Crippen LogP contribution < -0.4 is 5.32 Å². The van der Waals surface area contributed by atoms with Crippen molar-refractivity contribution in [3.8, 4) is 6.07 Å². The van der Waals surface area contributed by atoms with Gasteiger partial charge in [-0.05, 0) is 0 Å². The number of hydrogen-bond donors (Lipinski definition) is 1. The summed E-state index contributed by atoms with van der Waals surface area (Å²) >= 11 is 16.3. The Kier molecular flexibility index (Phi) is 5.73. The first-order valence-electron chi connectivity index (χ1n) is 3.67. The number of carbonyl (C=O) groups excluding carboxylic acids is 2. The fourth-order valence-electron chi connectivity index (χ4n) is 0.613. The van der Waals surface area contributed by atoms with E-state index in [1.165, 1.54) is 0 Å². The van der Waals surface area contributed by atoms with Crippen molar-refractivity contribution in [1.82, 2.24) is 5.32 Å². The summed E-state index contributed by atoms with van der Waals surface area (Å²) in [5.74, 6) is -1.42. The van der Waals surface area contributed by atoms with Crippen LogP contribution in [0.1, 0.15) is 13.3 Å². The lowest BCUT2D eigenvalue weighted by Crippen LogP contribution is -2.46. The Hall–Kier alpha value is -0.700. The van der Waals surface area contributed by atoms with Crippen LogP contribution in [-0.4, -0.2) is 21.9 Å². The van der Waals surface area contributed by atoms with E-state index in [-0.39, 0.29) is 0 Å².